The van der Waals surface area contributed by atoms with E-state index in [1.54, 1.807) is 18.2 Å². The minimum Gasteiger partial charge on any atom is -0.385 e. The number of anilines is 2. The van der Waals surface area contributed by atoms with E-state index in [2.05, 4.69) is 35.9 Å². The van der Waals surface area contributed by atoms with Gasteiger partial charge in [-0.2, -0.15) is 0 Å². The average Bonchev–Trinajstić information content (AvgIpc) is 2.49. The average molecular weight is 369 g/mol. The summed E-state index contributed by atoms with van der Waals surface area (Å²) in [5, 5.41) is 3.25. The highest BCUT2D eigenvalue weighted by atomic mass is 79.9. The van der Waals surface area contributed by atoms with Crippen molar-refractivity contribution < 1.29 is 8.42 Å². The molecule has 0 fully saturated rings. The molecule has 0 saturated heterocycles. The van der Waals surface area contributed by atoms with E-state index in [0.717, 1.165) is 30.6 Å². The number of fused-ring (bicyclic) bond motifs is 1. The van der Waals surface area contributed by atoms with Crippen LogP contribution < -0.4 is 10.0 Å². The Morgan fingerprint density at radius 3 is 2.86 bits per heavy atom. The molecule has 0 saturated carbocycles. The molecule has 1 aromatic carbocycles. The molecule has 8 heteroatoms. The summed E-state index contributed by atoms with van der Waals surface area (Å²) in [6.07, 6.45) is 4.68. The Bertz CT molecular complexity index is 762. The Kier molecular flexibility index (Phi) is 3.81. The van der Waals surface area contributed by atoms with Crippen LogP contribution in [-0.4, -0.2) is 24.9 Å². The molecule has 110 valence electrons. The summed E-state index contributed by atoms with van der Waals surface area (Å²) in [7, 11) is -3.66. The molecule has 0 aliphatic carbocycles. The van der Waals surface area contributed by atoms with E-state index in [9.17, 15) is 8.42 Å². The number of benzene rings is 1. The maximum atomic E-state index is 12.4. The number of rotatable bonds is 3. The second-order valence-corrected chi connectivity index (χ2v) is 7.17. The van der Waals surface area contributed by atoms with E-state index < -0.39 is 10.0 Å². The van der Waals surface area contributed by atoms with Crippen LogP contribution in [0.25, 0.3) is 0 Å². The molecule has 0 bridgehead atoms. The molecule has 0 spiro atoms. The molecule has 2 heterocycles. The molecule has 0 amide bonds. The summed E-state index contributed by atoms with van der Waals surface area (Å²) in [4.78, 5) is 8.14. The number of nitrogens with zero attached hydrogens (tertiary/aromatic N) is 2. The summed E-state index contributed by atoms with van der Waals surface area (Å²) in [5.74, 6) is 0.189. The molecule has 0 atom stereocenters. The number of aromatic nitrogens is 2. The molecule has 2 N–H and O–H groups in total. The SMILES string of the molecule is O=S(=O)(Nc1cnc(Br)cn1)c1ccc2c(c1)CCCN2. The lowest BCUT2D eigenvalue weighted by molar-refractivity contribution is 0.600. The van der Waals surface area contributed by atoms with Gasteiger partial charge in [0.1, 0.15) is 4.60 Å². The highest BCUT2D eigenvalue weighted by molar-refractivity contribution is 9.10. The largest absolute Gasteiger partial charge is 0.385 e. The first kappa shape index (κ1) is 14.3. The molecule has 3 rings (SSSR count). The van der Waals surface area contributed by atoms with Crippen LogP contribution in [0.5, 0.6) is 0 Å². The smallest absolute Gasteiger partial charge is 0.263 e. The van der Waals surface area contributed by atoms with Crippen LogP contribution in [0, 0.1) is 0 Å². The Balaban J connectivity index is 1.89. The van der Waals surface area contributed by atoms with Gasteiger partial charge in [-0.1, -0.05) is 0 Å². The second kappa shape index (κ2) is 5.61. The number of hydrogen-bond donors (Lipinski definition) is 2. The van der Waals surface area contributed by atoms with E-state index >= 15 is 0 Å². The lowest BCUT2D eigenvalue weighted by Gasteiger charge is -2.18. The Hall–Kier alpha value is -1.67. The standard InChI is InChI=1S/C13H13BrN4O2S/c14-12-7-17-13(8-16-12)18-21(19,20)10-3-4-11-9(6-10)2-1-5-15-11/h3-4,6-8,15H,1-2,5H2,(H,17,18). The monoisotopic (exact) mass is 368 g/mol. The van der Waals surface area contributed by atoms with Gasteiger partial charge in [-0.25, -0.2) is 18.4 Å². The number of sulfonamides is 1. The molecular weight excluding hydrogens is 356 g/mol. The first-order chi connectivity index (χ1) is 10.0. The Labute approximate surface area is 131 Å². The van der Waals surface area contributed by atoms with Gasteiger partial charge in [0.15, 0.2) is 5.82 Å². The fraction of sp³-hybridized carbons (Fsp3) is 0.231. The van der Waals surface area contributed by atoms with Gasteiger partial charge < -0.3 is 5.32 Å². The summed E-state index contributed by atoms with van der Waals surface area (Å²) in [6, 6.07) is 5.10. The summed E-state index contributed by atoms with van der Waals surface area (Å²) in [5.41, 5.74) is 2.02. The van der Waals surface area contributed by atoms with Gasteiger partial charge in [0.05, 0.1) is 17.3 Å². The van der Waals surface area contributed by atoms with E-state index in [0.29, 0.717) is 4.60 Å². The minimum atomic E-state index is -3.66. The summed E-state index contributed by atoms with van der Waals surface area (Å²) in [6.45, 7) is 0.922. The molecule has 0 unspecified atom stereocenters. The van der Waals surface area contributed by atoms with Crippen LogP contribution in [0.3, 0.4) is 0 Å². The number of hydrogen-bond acceptors (Lipinski definition) is 5. The first-order valence-corrected chi connectivity index (χ1v) is 8.69. The lowest BCUT2D eigenvalue weighted by Crippen LogP contribution is -2.16. The third-order valence-electron chi connectivity index (χ3n) is 3.18. The number of aryl methyl sites for hydroxylation is 1. The van der Waals surface area contributed by atoms with Crippen LogP contribution in [0.1, 0.15) is 12.0 Å². The fourth-order valence-corrected chi connectivity index (χ4v) is 3.43. The van der Waals surface area contributed by atoms with Crippen molar-refractivity contribution in [1.82, 2.24) is 9.97 Å². The molecule has 1 aromatic heterocycles. The second-order valence-electron chi connectivity index (χ2n) is 4.68. The van der Waals surface area contributed by atoms with E-state index in [4.69, 9.17) is 0 Å². The zero-order valence-corrected chi connectivity index (χ0v) is 13.4. The van der Waals surface area contributed by atoms with Crippen molar-refractivity contribution in [2.45, 2.75) is 17.7 Å². The molecule has 2 aromatic rings. The normalized spacial score (nSPS) is 14.1. The van der Waals surface area contributed by atoms with Crippen LogP contribution in [-0.2, 0) is 16.4 Å². The van der Waals surface area contributed by atoms with E-state index in [1.165, 1.54) is 12.4 Å². The van der Waals surface area contributed by atoms with Gasteiger partial charge in [-0.15, -0.1) is 0 Å². The Morgan fingerprint density at radius 1 is 1.24 bits per heavy atom. The van der Waals surface area contributed by atoms with Crippen LogP contribution >= 0.6 is 15.9 Å². The summed E-state index contributed by atoms with van der Waals surface area (Å²) >= 11 is 3.15. The van der Waals surface area contributed by atoms with Crippen molar-refractivity contribution >= 4 is 37.5 Å². The van der Waals surface area contributed by atoms with Crippen molar-refractivity contribution in [3.05, 3.63) is 40.8 Å². The highest BCUT2D eigenvalue weighted by Gasteiger charge is 2.18. The van der Waals surface area contributed by atoms with Gasteiger partial charge in [-0.3, -0.25) is 4.72 Å². The number of nitrogens with one attached hydrogen (secondary N) is 2. The number of halogens is 1. The highest BCUT2D eigenvalue weighted by Crippen LogP contribution is 2.25. The topological polar surface area (TPSA) is 84.0 Å². The van der Waals surface area contributed by atoms with Gasteiger partial charge in [0, 0.05) is 12.2 Å². The third-order valence-corrected chi connectivity index (χ3v) is 4.95. The maximum absolute atomic E-state index is 12.4. The van der Waals surface area contributed by atoms with Gasteiger partial charge in [0.2, 0.25) is 0 Å². The van der Waals surface area contributed by atoms with Crippen LogP contribution in [0.15, 0.2) is 40.1 Å². The summed E-state index contributed by atoms with van der Waals surface area (Å²) < 4.78 is 27.7. The van der Waals surface area contributed by atoms with Crippen LogP contribution in [0.2, 0.25) is 0 Å². The third kappa shape index (κ3) is 3.16. The molecule has 1 aliphatic heterocycles. The van der Waals surface area contributed by atoms with E-state index in [1.807, 2.05) is 0 Å². The molecule has 6 nitrogen and oxygen atoms in total. The molecule has 21 heavy (non-hydrogen) atoms. The van der Waals surface area contributed by atoms with Gasteiger partial charge in [0.25, 0.3) is 10.0 Å². The predicted octanol–water partition coefficient (Wildman–Crippen LogP) is 2.40. The van der Waals surface area contributed by atoms with Crippen LogP contribution in [0.4, 0.5) is 11.5 Å². The predicted molar refractivity (Wildman–Crippen MR) is 83.8 cm³/mol. The van der Waals surface area contributed by atoms with Crippen molar-refractivity contribution in [2.75, 3.05) is 16.6 Å². The Morgan fingerprint density at radius 2 is 2.10 bits per heavy atom. The zero-order valence-electron chi connectivity index (χ0n) is 11.0. The maximum Gasteiger partial charge on any atom is 0.263 e. The lowest BCUT2D eigenvalue weighted by atomic mass is 10.0. The van der Waals surface area contributed by atoms with Crippen molar-refractivity contribution in [2.24, 2.45) is 0 Å². The van der Waals surface area contributed by atoms with Gasteiger partial charge >= 0.3 is 0 Å². The molecular formula is C13H13BrN4O2S. The van der Waals surface area contributed by atoms with Crippen molar-refractivity contribution in [3.63, 3.8) is 0 Å². The van der Waals surface area contributed by atoms with Crippen molar-refractivity contribution in [3.8, 4) is 0 Å². The minimum absolute atomic E-state index is 0.189. The van der Waals surface area contributed by atoms with Crippen molar-refractivity contribution in [1.29, 1.82) is 0 Å². The van der Waals surface area contributed by atoms with E-state index in [-0.39, 0.29) is 10.7 Å². The first-order valence-electron chi connectivity index (χ1n) is 6.42. The molecule has 0 radical (unpaired) electrons. The quantitative estimate of drug-likeness (QED) is 0.868. The van der Waals surface area contributed by atoms with Gasteiger partial charge in [-0.05, 0) is 52.5 Å². The zero-order chi connectivity index (χ0) is 14.9. The molecule has 1 aliphatic rings. The fourth-order valence-electron chi connectivity index (χ4n) is 2.18.